The molecule has 0 aliphatic carbocycles. The zero-order valence-electron chi connectivity index (χ0n) is 19.0. The average molecular weight is 456 g/mol. The van der Waals surface area contributed by atoms with Gasteiger partial charge in [-0.25, -0.2) is 15.0 Å². The van der Waals surface area contributed by atoms with Crippen LogP contribution in [0.5, 0.6) is 11.5 Å². The molecule has 3 aromatic heterocycles. The SMILES string of the molecule is CCCCCCn1cnc2c(c1=O)c1nc3ccccc3nc1n2-c1ccc2c(c1)OCCO2. The molecule has 0 spiro atoms. The largest absolute Gasteiger partial charge is 0.486 e. The number of fused-ring (bicyclic) bond motifs is 5. The Labute approximate surface area is 195 Å². The molecular formula is C26H25N5O3. The Morgan fingerprint density at radius 1 is 0.912 bits per heavy atom. The van der Waals surface area contributed by atoms with Crippen LogP contribution in [-0.2, 0) is 6.54 Å². The summed E-state index contributed by atoms with van der Waals surface area (Å²) in [5.41, 5.74) is 3.90. The lowest BCUT2D eigenvalue weighted by atomic mass is 10.2. The van der Waals surface area contributed by atoms with Crippen LogP contribution in [0.15, 0.2) is 53.6 Å². The fourth-order valence-electron chi connectivity index (χ4n) is 4.56. The van der Waals surface area contributed by atoms with E-state index in [1.807, 2.05) is 47.0 Å². The summed E-state index contributed by atoms with van der Waals surface area (Å²) < 4.78 is 15.1. The molecule has 4 heterocycles. The van der Waals surface area contributed by atoms with Gasteiger partial charge in [0.25, 0.3) is 5.56 Å². The summed E-state index contributed by atoms with van der Waals surface area (Å²) >= 11 is 0. The fraction of sp³-hybridized carbons (Fsp3) is 0.308. The minimum atomic E-state index is -0.0904. The van der Waals surface area contributed by atoms with Gasteiger partial charge in [0.15, 0.2) is 22.8 Å². The Balaban J connectivity index is 1.60. The summed E-state index contributed by atoms with van der Waals surface area (Å²) in [4.78, 5) is 28.1. The molecule has 0 saturated carbocycles. The maximum absolute atomic E-state index is 13.6. The maximum atomic E-state index is 13.6. The van der Waals surface area contributed by atoms with E-state index in [0.29, 0.717) is 53.5 Å². The smallest absolute Gasteiger partial charge is 0.265 e. The first-order valence-corrected chi connectivity index (χ1v) is 11.8. The third-order valence-corrected chi connectivity index (χ3v) is 6.27. The Morgan fingerprint density at radius 2 is 1.71 bits per heavy atom. The third kappa shape index (κ3) is 3.37. The molecule has 2 aromatic carbocycles. The quantitative estimate of drug-likeness (QED) is 0.347. The number of aryl methyl sites for hydroxylation is 1. The molecule has 0 atom stereocenters. The van der Waals surface area contributed by atoms with Gasteiger partial charge in [-0.2, -0.15) is 0 Å². The van der Waals surface area contributed by atoms with Crippen LogP contribution in [-0.4, -0.2) is 37.3 Å². The van der Waals surface area contributed by atoms with E-state index in [2.05, 4.69) is 6.92 Å². The predicted octanol–water partition coefficient (Wildman–Crippen LogP) is 4.64. The second-order valence-electron chi connectivity index (χ2n) is 8.55. The molecule has 172 valence electrons. The zero-order chi connectivity index (χ0) is 23.1. The molecule has 1 aliphatic rings. The number of aromatic nitrogens is 5. The molecular weight excluding hydrogens is 430 g/mol. The minimum absolute atomic E-state index is 0.0904. The summed E-state index contributed by atoms with van der Waals surface area (Å²) in [6, 6.07) is 13.4. The molecule has 0 saturated heterocycles. The van der Waals surface area contributed by atoms with Crippen LogP contribution in [0, 0.1) is 0 Å². The van der Waals surface area contributed by atoms with Crippen LogP contribution in [0.25, 0.3) is 38.9 Å². The van der Waals surface area contributed by atoms with Gasteiger partial charge in [0.2, 0.25) is 0 Å². The van der Waals surface area contributed by atoms with Crippen molar-refractivity contribution in [2.45, 2.75) is 39.2 Å². The number of rotatable bonds is 6. The third-order valence-electron chi connectivity index (χ3n) is 6.27. The Bertz CT molecular complexity index is 1590. The highest BCUT2D eigenvalue weighted by Gasteiger charge is 2.22. The van der Waals surface area contributed by atoms with E-state index in [9.17, 15) is 4.79 Å². The number of hydrogen-bond acceptors (Lipinski definition) is 6. The van der Waals surface area contributed by atoms with Gasteiger partial charge in [0.05, 0.1) is 23.0 Å². The average Bonchev–Trinajstić information content (AvgIpc) is 3.20. The molecule has 34 heavy (non-hydrogen) atoms. The molecule has 0 bridgehead atoms. The van der Waals surface area contributed by atoms with Crippen LogP contribution in [0.1, 0.15) is 32.6 Å². The zero-order valence-corrected chi connectivity index (χ0v) is 19.0. The second-order valence-corrected chi connectivity index (χ2v) is 8.55. The van der Waals surface area contributed by atoms with Crippen LogP contribution < -0.4 is 15.0 Å². The summed E-state index contributed by atoms with van der Waals surface area (Å²) in [6.07, 6.45) is 5.98. The summed E-state index contributed by atoms with van der Waals surface area (Å²) in [5, 5.41) is 0.487. The molecule has 8 nitrogen and oxygen atoms in total. The van der Waals surface area contributed by atoms with Crippen molar-refractivity contribution in [1.29, 1.82) is 0 Å². The van der Waals surface area contributed by atoms with Gasteiger partial charge >= 0.3 is 0 Å². The van der Waals surface area contributed by atoms with Crippen molar-refractivity contribution in [3.8, 4) is 17.2 Å². The van der Waals surface area contributed by atoms with Crippen LogP contribution in [0.3, 0.4) is 0 Å². The van der Waals surface area contributed by atoms with Gasteiger partial charge in [0, 0.05) is 12.6 Å². The molecule has 5 aromatic rings. The van der Waals surface area contributed by atoms with Crippen molar-refractivity contribution in [3.05, 3.63) is 59.1 Å². The molecule has 8 heteroatoms. The van der Waals surface area contributed by atoms with Crippen molar-refractivity contribution >= 4 is 33.2 Å². The first kappa shape index (κ1) is 20.7. The van der Waals surface area contributed by atoms with Crippen molar-refractivity contribution in [2.24, 2.45) is 0 Å². The van der Waals surface area contributed by atoms with E-state index in [1.54, 1.807) is 10.9 Å². The van der Waals surface area contributed by atoms with Gasteiger partial charge < -0.3 is 9.47 Å². The van der Waals surface area contributed by atoms with Crippen molar-refractivity contribution in [1.82, 2.24) is 24.1 Å². The highest BCUT2D eigenvalue weighted by atomic mass is 16.6. The summed E-state index contributed by atoms with van der Waals surface area (Å²) in [5.74, 6) is 1.37. The number of nitrogens with zero attached hydrogens (tertiary/aromatic N) is 5. The topological polar surface area (TPSA) is 84.1 Å². The van der Waals surface area contributed by atoms with Crippen molar-refractivity contribution in [2.75, 3.05) is 13.2 Å². The van der Waals surface area contributed by atoms with E-state index in [4.69, 9.17) is 24.4 Å². The van der Waals surface area contributed by atoms with Gasteiger partial charge in [-0.05, 0) is 30.7 Å². The van der Waals surface area contributed by atoms with Crippen LogP contribution >= 0.6 is 0 Å². The number of para-hydroxylation sites is 2. The van der Waals surface area contributed by atoms with Gasteiger partial charge in [-0.3, -0.25) is 13.9 Å². The highest BCUT2D eigenvalue weighted by Crippen LogP contribution is 2.35. The number of ether oxygens (including phenoxy) is 2. The molecule has 0 radical (unpaired) electrons. The number of benzene rings is 2. The molecule has 1 aliphatic heterocycles. The molecule has 0 unspecified atom stereocenters. The Hall–Kier alpha value is -3.94. The summed E-state index contributed by atoms with van der Waals surface area (Å²) in [6.45, 7) is 3.84. The van der Waals surface area contributed by atoms with E-state index >= 15 is 0 Å². The standard InChI is InChI=1S/C26H25N5O3/c1-2-3-4-7-12-30-16-27-24-22(26(30)32)23-25(29-19-9-6-5-8-18(19)28-23)31(24)17-10-11-20-21(15-17)34-14-13-33-20/h5-6,8-11,15-16H,2-4,7,12-14H2,1H3. The predicted molar refractivity (Wildman–Crippen MR) is 131 cm³/mol. The van der Waals surface area contributed by atoms with E-state index in [0.717, 1.165) is 42.4 Å². The van der Waals surface area contributed by atoms with Crippen molar-refractivity contribution in [3.63, 3.8) is 0 Å². The number of unbranched alkanes of at least 4 members (excludes halogenated alkanes) is 3. The van der Waals surface area contributed by atoms with Gasteiger partial charge in [-0.15, -0.1) is 0 Å². The Morgan fingerprint density at radius 3 is 2.53 bits per heavy atom. The van der Waals surface area contributed by atoms with Crippen LogP contribution in [0.2, 0.25) is 0 Å². The monoisotopic (exact) mass is 455 g/mol. The molecule has 0 N–H and O–H groups in total. The second kappa shape index (κ2) is 8.44. The van der Waals surface area contributed by atoms with E-state index in [-0.39, 0.29) is 5.56 Å². The Kier molecular flexibility index (Phi) is 5.13. The fourth-order valence-corrected chi connectivity index (χ4v) is 4.56. The molecule has 0 fully saturated rings. The van der Waals surface area contributed by atoms with E-state index in [1.165, 1.54) is 0 Å². The normalized spacial score (nSPS) is 13.2. The van der Waals surface area contributed by atoms with Crippen molar-refractivity contribution < 1.29 is 9.47 Å². The lowest BCUT2D eigenvalue weighted by Crippen LogP contribution is -2.21. The first-order chi connectivity index (χ1) is 16.7. The minimum Gasteiger partial charge on any atom is -0.486 e. The van der Waals surface area contributed by atoms with Crippen LogP contribution in [0.4, 0.5) is 0 Å². The molecule has 0 amide bonds. The van der Waals surface area contributed by atoms with Gasteiger partial charge in [-0.1, -0.05) is 38.3 Å². The van der Waals surface area contributed by atoms with E-state index < -0.39 is 0 Å². The lowest BCUT2D eigenvalue weighted by Gasteiger charge is -2.19. The number of hydrogen-bond donors (Lipinski definition) is 0. The maximum Gasteiger partial charge on any atom is 0.265 e. The molecule has 6 rings (SSSR count). The highest BCUT2D eigenvalue weighted by molar-refractivity contribution is 6.05. The summed E-state index contributed by atoms with van der Waals surface area (Å²) in [7, 11) is 0. The first-order valence-electron chi connectivity index (χ1n) is 11.8. The van der Waals surface area contributed by atoms with Gasteiger partial charge in [0.1, 0.15) is 24.1 Å². The lowest BCUT2D eigenvalue weighted by molar-refractivity contribution is 0.171.